The van der Waals surface area contributed by atoms with Gasteiger partial charge in [-0.3, -0.25) is 9.59 Å². The van der Waals surface area contributed by atoms with Crippen molar-refractivity contribution in [1.82, 2.24) is 4.98 Å². The van der Waals surface area contributed by atoms with Crippen molar-refractivity contribution in [3.8, 4) is 0 Å². The Morgan fingerprint density at radius 3 is 2.21 bits per heavy atom. The van der Waals surface area contributed by atoms with Crippen LogP contribution in [0.2, 0.25) is 10.0 Å². The van der Waals surface area contributed by atoms with Crippen LogP contribution in [0.4, 0.5) is 17.2 Å². The molecule has 0 aliphatic rings. The number of nitrogens with zero attached hydrogens (tertiary/aromatic N) is 1. The standard InChI is InChI=1S/C20H16Cl2N4O2/c1-23-15-6-2-12(3-7-15)19(27)25-17-8-4-13(21)10-16(17)20(28)26-18-9-5-14(22)11-24-18/h2-11,23H,1H3,(H,25,27)(H,24,26,28). The molecule has 0 saturated carbocycles. The Labute approximate surface area is 171 Å². The predicted octanol–water partition coefficient (Wildman–Crippen LogP) is 4.93. The SMILES string of the molecule is CNc1ccc(C(=O)Nc2ccc(Cl)cc2C(=O)Nc2ccc(Cl)cn2)cc1. The van der Waals surface area contributed by atoms with Crippen LogP contribution < -0.4 is 16.0 Å². The van der Waals surface area contributed by atoms with Crippen molar-refractivity contribution in [2.75, 3.05) is 23.0 Å². The Kier molecular flexibility index (Phi) is 6.13. The maximum Gasteiger partial charge on any atom is 0.258 e. The summed E-state index contributed by atoms with van der Waals surface area (Å²) in [6, 6.07) is 14.8. The van der Waals surface area contributed by atoms with Crippen LogP contribution in [0, 0.1) is 0 Å². The highest BCUT2D eigenvalue weighted by Crippen LogP contribution is 2.23. The molecule has 0 unspecified atom stereocenters. The van der Waals surface area contributed by atoms with Gasteiger partial charge in [0, 0.05) is 29.5 Å². The minimum absolute atomic E-state index is 0.212. The van der Waals surface area contributed by atoms with E-state index in [1.807, 2.05) is 0 Å². The normalized spacial score (nSPS) is 10.2. The first kappa shape index (κ1) is 19.7. The number of aromatic nitrogens is 1. The second-order valence-corrected chi connectivity index (χ2v) is 6.66. The molecule has 3 N–H and O–H groups in total. The largest absolute Gasteiger partial charge is 0.388 e. The van der Waals surface area contributed by atoms with E-state index in [4.69, 9.17) is 23.2 Å². The van der Waals surface area contributed by atoms with Gasteiger partial charge >= 0.3 is 0 Å². The number of carbonyl (C=O) groups is 2. The van der Waals surface area contributed by atoms with Crippen molar-refractivity contribution in [3.63, 3.8) is 0 Å². The van der Waals surface area contributed by atoms with E-state index < -0.39 is 5.91 Å². The number of nitrogens with one attached hydrogen (secondary N) is 3. The Bertz CT molecular complexity index is 1010. The average Bonchev–Trinajstić information content (AvgIpc) is 2.71. The van der Waals surface area contributed by atoms with E-state index in [9.17, 15) is 9.59 Å². The number of amides is 2. The van der Waals surface area contributed by atoms with Crippen molar-refractivity contribution in [2.24, 2.45) is 0 Å². The Balaban J connectivity index is 1.82. The first-order valence-electron chi connectivity index (χ1n) is 8.28. The monoisotopic (exact) mass is 414 g/mol. The van der Waals surface area contributed by atoms with Gasteiger partial charge in [-0.1, -0.05) is 23.2 Å². The number of hydrogen-bond acceptors (Lipinski definition) is 4. The van der Waals surface area contributed by atoms with Crippen LogP contribution in [0.1, 0.15) is 20.7 Å². The van der Waals surface area contributed by atoms with E-state index >= 15 is 0 Å². The molecule has 3 aromatic rings. The summed E-state index contributed by atoms with van der Waals surface area (Å²) in [5.74, 6) is -0.476. The molecule has 142 valence electrons. The van der Waals surface area contributed by atoms with Gasteiger partial charge in [0.1, 0.15) is 5.82 Å². The molecule has 8 heteroatoms. The topological polar surface area (TPSA) is 83.1 Å². The second kappa shape index (κ2) is 8.73. The zero-order valence-electron chi connectivity index (χ0n) is 14.8. The van der Waals surface area contributed by atoms with Crippen LogP contribution in [0.5, 0.6) is 0 Å². The van der Waals surface area contributed by atoms with Gasteiger partial charge in [0.2, 0.25) is 0 Å². The molecule has 2 aromatic carbocycles. The number of pyridine rings is 1. The van der Waals surface area contributed by atoms with Gasteiger partial charge in [0.15, 0.2) is 0 Å². The summed E-state index contributed by atoms with van der Waals surface area (Å²) >= 11 is 11.8. The van der Waals surface area contributed by atoms with Crippen molar-refractivity contribution in [1.29, 1.82) is 0 Å². The smallest absolute Gasteiger partial charge is 0.258 e. The van der Waals surface area contributed by atoms with Gasteiger partial charge in [-0.05, 0) is 54.6 Å². The van der Waals surface area contributed by atoms with Crippen molar-refractivity contribution < 1.29 is 9.59 Å². The van der Waals surface area contributed by atoms with Crippen LogP contribution in [0.25, 0.3) is 0 Å². The van der Waals surface area contributed by atoms with E-state index in [-0.39, 0.29) is 11.5 Å². The summed E-state index contributed by atoms with van der Waals surface area (Å²) in [6.45, 7) is 0. The molecule has 6 nitrogen and oxygen atoms in total. The number of halogens is 2. The van der Waals surface area contributed by atoms with Gasteiger partial charge in [-0.25, -0.2) is 4.98 Å². The zero-order valence-corrected chi connectivity index (χ0v) is 16.3. The third-order valence-corrected chi connectivity index (χ3v) is 4.34. The van der Waals surface area contributed by atoms with Crippen LogP contribution in [0.3, 0.4) is 0 Å². The van der Waals surface area contributed by atoms with Crippen LogP contribution in [-0.2, 0) is 0 Å². The zero-order chi connectivity index (χ0) is 20.1. The molecule has 3 rings (SSSR count). The molecule has 0 radical (unpaired) electrons. The molecule has 1 aromatic heterocycles. The molecule has 0 aliphatic carbocycles. The summed E-state index contributed by atoms with van der Waals surface area (Å²) in [7, 11) is 1.79. The Morgan fingerprint density at radius 2 is 1.57 bits per heavy atom. The van der Waals surface area contributed by atoms with Gasteiger partial charge in [0.05, 0.1) is 16.3 Å². The first-order valence-corrected chi connectivity index (χ1v) is 9.03. The number of rotatable bonds is 5. The quantitative estimate of drug-likeness (QED) is 0.552. The fourth-order valence-electron chi connectivity index (χ4n) is 2.43. The van der Waals surface area contributed by atoms with Gasteiger partial charge in [-0.2, -0.15) is 0 Å². The van der Waals surface area contributed by atoms with E-state index in [1.54, 1.807) is 55.6 Å². The van der Waals surface area contributed by atoms with Gasteiger partial charge in [0.25, 0.3) is 11.8 Å². The summed E-state index contributed by atoms with van der Waals surface area (Å²) < 4.78 is 0. The lowest BCUT2D eigenvalue weighted by Gasteiger charge is -2.12. The number of hydrogen-bond donors (Lipinski definition) is 3. The lowest BCUT2D eigenvalue weighted by Crippen LogP contribution is -2.18. The summed E-state index contributed by atoms with van der Waals surface area (Å²) in [5.41, 5.74) is 1.89. The van der Waals surface area contributed by atoms with E-state index in [1.165, 1.54) is 12.3 Å². The maximum atomic E-state index is 12.7. The fraction of sp³-hybridized carbons (Fsp3) is 0.0500. The van der Waals surface area contributed by atoms with Crippen molar-refractivity contribution in [3.05, 3.63) is 82.0 Å². The van der Waals surface area contributed by atoms with Crippen molar-refractivity contribution >= 4 is 52.2 Å². The lowest BCUT2D eigenvalue weighted by atomic mass is 10.1. The molecular formula is C20H16Cl2N4O2. The third kappa shape index (κ3) is 4.79. The van der Waals surface area contributed by atoms with Gasteiger partial charge < -0.3 is 16.0 Å². The summed E-state index contributed by atoms with van der Waals surface area (Å²) in [4.78, 5) is 29.2. The van der Waals surface area contributed by atoms with Crippen LogP contribution in [0.15, 0.2) is 60.8 Å². The fourth-order valence-corrected chi connectivity index (χ4v) is 2.71. The molecule has 0 bridgehead atoms. The predicted molar refractivity (Wildman–Crippen MR) is 113 cm³/mol. The lowest BCUT2D eigenvalue weighted by molar-refractivity contribution is 0.102. The van der Waals surface area contributed by atoms with Gasteiger partial charge in [-0.15, -0.1) is 0 Å². The van der Waals surface area contributed by atoms with Crippen LogP contribution in [-0.4, -0.2) is 23.8 Å². The molecule has 0 saturated heterocycles. The van der Waals surface area contributed by atoms with E-state index in [2.05, 4.69) is 20.9 Å². The van der Waals surface area contributed by atoms with Crippen molar-refractivity contribution in [2.45, 2.75) is 0 Å². The molecule has 0 atom stereocenters. The van der Waals surface area contributed by atoms with E-state index in [0.29, 0.717) is 27.1 Å². The Morgan fingerprint density at radius 1 is 0.857 bits per heavy atom. The third-order valence-electron chi connectivity index (χ3n) is 3.88. The molecule has 0 spiro atoms. The molecule has 28 heavy (non-hydrogen) atoms. The number of anilines is 3. The van der Waals surface area contributed by atoms with Crippen LogP contribution >= 0.6 is 23.2 Å². The highest BCUT2D eigenvalue weighted by molar-refractivity contribution is 6.31. The summed E-state index contributed by atoms with van der Waals surface area (Å²) in [6.07, 6.45) is 1.42. The average molecular weight is 415 g/mol. The number of benzene rings is 2. The highest BCUT2D eigenvalue weighted by atomic mass is 35.5. The minimum Gasteiger partial charge on any atom is -0.388 e. The first-order chi connectivity index (χ1) is 13.5. The second-order valence-electron chi connectivity index (χ2n) is 5.79. The highest BCUT2D eigenvalue weighted by Gasteiger charge is 2.16. The minimum atomic E-state index is -0.460. The van der Waals surface area contributed by atoms with E-state index in [0.717, 1.165) is 5.69 Å². The Hall–Kier alpha value is -3.09. The molecule has 0 aliphatic heterocycles. The molecular weight excluding hydrogens is 399 g/mol. The molecule has 1 heterocycles. The molecule has 0 fully saturated rings. The maximum absolute atomic E-state index is 12.7. The summed E-state index contributed by atoms with van der Waals surface area (Å²) in [5, 5.41) is 9.21. The number of carbonyl (C=O) groups excluding carboxylic acids is 2. The molecule has 2 amide bonds.